The van der Waals surface area contributed by atoms with Crippen molar-refractivity contribution in [1.82, 2.24) is 0 Å². The smallest absolute Gasteiger partial charge is 0.0307 e. The Bertz CT molecular complexity index is 291. The van der Waals surface area contributed by atoms with Crippen molar-refractivity contribution in [2.24, 2.45) is 11.8 Å². The van der Waals surface area contributed by atoms with Crippen LogP contribution in [0.3, 0.4) is 0 Å². The lowest BCUT2D eigenvalue weighted by Crippen LogP contribution is -2.10. The summed E-state index contributed by atoms with van der Waals surface area (Å²) in [5.74, 6) is 2.09. The summed E-state index contributed by atoms with van der Waals surface area (Å²) < 4.78 is 0. The molecule has 0 saturated heterocycles. The summed E-state index contributed by atoms with van der Waals surface area (Å²) in [4.78, 5) is 0. The summed E-state index contributed by atoms with van der Waals surface area (Å²) in [6, 6.07) is 8.83. The highest BCUT2D eigenvalue weighted by Gasteiger charge is 2.15. The van der Waals surface area contributed by atoms with Crippen molar-refractivity contribution in [2.75, 3.05) is 0 Å². The van der Waals surface area contributed by atoms with Gasteiger partial charge >= 0.3 is 0 Å². The van der Waals surface area contributed by atoms with Crippen LogP contribution in [0.4, 0.5) is 0 Å². The molecule has 108 valence electrons. The van der Waals surface area contributed by atoms with Crippen LogP contribution in [-0.4, -0.2) is 0 Å². The maximum absolute atomic E-state index is 2.38. The van der Waals surface area contributed by atoms with Crippen LogP contribution in [0.5, 0.6) is 0 Å². The Morgan fingerprint density at radius 2 is 1.21 bits per heavy atom. The Balaban J connectivity index is 0.000000191. The first kappa shape index (κ1) is 16.3. The van der Waals surface area contributed by atoms with E-state index in [1.165, 1.54) is 43.2 Å². The van der Waals surface area contributed by atoms with Gasteiger partial charge in [-0.3, -0.25) is 0 Å². The molecule has 0 heterocycles. The van der Waals surface area contributed by atoms with Gasteiger partial charge in [0.1, 0.15) is 0 Å². The van der Waals surface area contributed by atoms with Crippen molar-refractivity contribution in [1.29, 1.82) is 0 Å². The van der Waals surface area contributed by atoms with Crippen LogP contribution in [0.1, 0.15) is 70.9 Å². The van der Waals surface area contributed by atoms with Crippen LogP contribution in [-0.2, 0) is 12.8 Å². The van der Waals surface area contributed by atoms with Crippen LogP contribution in [0.2, 0.25) is 0 Å². The molecule has 0 heteroatoms. The van der Waals surface area contributed by atoms with Crippen molar-refractivity contribution in [3.63, 3.8) is 0 Å². The second-order valence-corrected chi connectivity index (χ2v) is 6.06. The van der Waals surface area contributed by atoms with E-state index in [1.54, 1.807) is 0 Å². The van der Waals surface area contributed by atoms with Crippen molar-refractivity contribution in [2.45, 2.75) is 72.6 Å². The molecule has 1 fully saturated rings. The molecule has 2 rings (SSSR count). The fraction of sp³-hybridized carbons (Fsp3) is 0.684. The minimum Gasteiger partial charge on any atom is -0.0651 e. The maximum Gasteiger partial charge on any atom is -0.0307 e. The van der Waals surface area contributed by atoms with E-state index in [4.69, 9.17) is 0 Å². The normalized spacial score (nSPS) is 22.5. The molecule has 0 bridgehead atoms. The van der Waals surface area contributed by atoms with Crippen LogP contribution in [0.15, 0.2) is 24.3 Å². The van der Waals surface area contributed by atoms with Crippen molar-refractivity contribution < 1.29 is 0 Å². The Hall–Kier alpha value is -0.780. The summed E-state index contributed by atoms with van der Waals surface area (Å²) in [5, 5.41) is 0. The molecule has 0 unspecified atom stereocenters. The second-order valence-electron chi connectivity index (χ2n) is 6.06. The van der Waals surface area contributed by atoms with Gasteiger partial charge in [0.25, 0.3) is 0 Å². The molecule has 0 nitrogen and oxygen atoms in total. The van der Waals surface area contributed by atoms with Crippen molar-refractivity contribution >= 4 is 0 Å². The molecule has 0 N–H and O–H groups in total. The monoisotopic (exact) mass is 260 g/mol. The molecule has 1 aromatic carbocycles. The molecule has 19 heavy (non-hydrogen) atoms. The highest BCUT2D eigenvalue weighted by Crippen LogP contribution is 2.29. The number of hydrogen-bond donors (Lipinski definition) is 0. The minimum absolute atomic E-state index is 1.02. The predicted octanol–water partition coefficient (Wildman–Crippen LogP) is 6.03. The van der Waals surface area contributed by atoms with Gasteiger partial charge in [-0.15, -0.1) is 0 Å². The summed E-state index contributed by atoms with van der Waals surface area (Å²) in [7, 11) is 0. The number of hydrogen-bond acceptors (Lipinski definition) is 0. The summed E-state index contributed by atoms with van der Waals surface area (Å²) in [6.45, 7) is 9.06. The van der Waals surface area contributed by atoms with E-state index in [-0.39, 0.29) is 0 Å². The topological polar surface area (TPSA) is 0 Å². The van der Waals surface area contributed by atoms with Gasteiger partial charge in [-0.1, -0.05) is 84.1 Å². The molecule has 1 aliphatic carbocycles. The van der Waals surface area contributed by atoms with Gasteiger partial charge in [0.2, 0.25) is 0 Å². The Morgan fingerprint density at radius 1 is 0.789 bits per heavy atom. The third-order valence-electron chi connectivity index (χ3n) is 4.55. The Kier molecular flexibility index (Phi) is 7.86. The van der Waals surface area contributed by atoms with E-state index in [9.17, 15) is 0 Å². The lowest BCUT2D eigenvalue weighted by molar-refractivity contribution is 0.284. The van der Waals surface area contributed by atoms with Gasteiger partial charge in [0.05, 0.1) is 0 Å². The zero-order valence-electron chi connectivity index (χ0n) is 13.4. The standard InChI is InChI=1S/C10H14.C9H18/c1-3-9-5-7-10(4-2)8-6-9;1-3-9-6-4-8(2)5-7-9/h5-8H,3-4H2,1-2H3;8-9H,3-7H2,1-2H3. The lowest BCUT2D eigenvalue weighted by atomic mass is 9.82. The van der Waals surface area contributed by atoms with Crippen LogP contribution in [0, 0.1) is 11.8 Å². The second kappa shape index (κ2) is 9.18. The van der Waals surface area contributed by atoms with Gasteiger partial charge in [-0.05, 0) is 35.8 Å². The molecule has 0 radical (unpaired) electrons. The number of benzene rings is 1. The summed E-state index contributed by atoms with van der Waals surface area (Å²) in [6.07, 6.45) is 9.66. The van der Waals surface area contributed by atoms with E-state index in [1.807, 2.05) is 0 Å². The average molecular weight is 260 g/mol. The zero-order chi connectivity index (χ0) is 14.1. The summed E-state index contributed by atoms with van der Waals surface area (Å²) >= 11 is 0. The van der Waals surface area contributed by atoms with E-state index >= 15 is 0 Å². The number of aryl methyl sites for hydroxylation is 2. The Morgan fingerprint density at radius 3 is 1.53 bits per heavy atom. The van der Waals surface area contributed by atoms with Crippen molar-refractivity contribution in [3.05, 3.63) is 35.4 Å². The first-order valence-electron chi connectivity index (χ1n) is 8.27. The first-order chi connectivity index (χ1) is 9.19. The fourth-order valence-corrected chi connectivity index (χ4v) is 2.75. The third-order valence-corrected chi connectivity index (χ3v) is 4.55. The van der Waals surface area contributed by atoms with Gasteiger partial charge in [0.15, 0.2) is 0 Å². The van der Waals surface area contributed by atoms with Crippen molar-refractivity contribution in [3.8, 4) is 0 Å². The van der Waals surface area contributed by atoms with E-state index in [0.717, 1.165) is 24.7 Å². The Labute approximate surface area is 120 Å². The average Bonchev–Trinajstić information content (AvgIpc) is 2.49. The number of rotatable bonds is 3. The third kappa shape index (κ3) is 6.27. The molecular formula is C19H32. The quantitative estimate of drug-likeness (QED) is 0.622. The first-order valence-corrected chi connectivity index (χ1v) is 8.27. The molecule has 1 saturated carbocycles. The molecule has 0 aliphatic heterocycles. The minimum atomic E-state index is 1.02. The maximum atomic E-state index is 2.38. The predicted molar refractivity (Wildman–Crippen MR) is 86.6 cm³/mol. The van der Waals surface area contributed by atoms with Crippen LogP contribution < -0.4 is 0 Å². The largest absolute Gasteiger partial charge is 0.0651 e. The molecular weight excluding hydrogens is 228 g/mol. The van der Waals surface area contributed by atoms with E-state index < -0.39 is 0 Å². The lowest BCUT2D eigenvalue weighted by Gasteiger charge is -2.24. The van der Waals surface area contributed by atoms with Gasteiger partial charge in [0, 0.05) is 0 Å². The molecule has 0 amide bonds. The van der Waals surface area contributed by atoms with E-state index in [2.05, 4.69) is 52.0 Å². The highest BCUT2D eigenvalue weighted by molar-refractivity contribution is 5.22. The molecule has 1 aromatic rings. The molecule has 1 aliphatic rings. The van der Waals surface area contributed by atoms with Gasteiger partial charge in [-0.2, -0.15) is 0 Å². The SMILES string of the molecule is CCC1CCC(C)CC1.CCc1ccc(CC)cc1. The van der Waals surface area contributed by atoms with Crippen LogP contribution >= 0.6 is 0 Å². The zero-order valence-corrected chi connectivity index (χ0v) is 13.4. The molecule has 0 aromatic heterocycles. The highest BCUT2D eigenvalue weighted by atomic mass is 14.2. The van der Waals surface area contributed by atoms with Crippen LogP contribution in [0.25, 0.3) is 0 Å². The van der Waals surface area contributed by atoms with E-state index in [0.29, 0.717) is 0 Å². The fourth-order valence-electron chi connectivity index (χ4n) is 2.75. The molecule has 0 atom stereocenters. The van der Waals surface area contributed by atoms with Gasteiger partial charge < -0.3 is 0 Å². The van der Waals surface area contributed by atoms with Gasteiger partial charge in [-0.25, -0.2) is 0 Å². The molecule has 0 spiro atoms. The summed E-state index contributed by atoms with van der Waals surface area (Å²) in [5.41, 5.74) is 2.86.